The predicted molar refractivity (Wildman–Crippen MR) is 377 cm³/mol. The standard InChI is InChI=1S/C73H81NO12S6/c1-36(2)22-44-28-49(53-34-90-91-60-29-43-25-37-8-3-10-39(23-37)52(55(78)13-6-19-76)33-88-89-35-54(43)74-66(60)42-11-4-9-38(24-42)26-48(53)67(44)81)71-70(84)69(83)65-59(86-71)32-57(80)63-50-30-47-45(17-20-77)40(12-5-18-75)27-41-15-16-46-64(61(41)47)62(50)51-31-58(85-72(63)65)56(79)14-7-21-87-92-73(46)68(51)82/h3-4,8-11,15-16,23-24,28,30,32,36,40,43,45,51-52,54,56,58,60,66,68,73-77,79-82,84H,5-7,12-14,17-22,25-27,29,31,33-35H2,1-2H3/t40-,43+,45-,51+,52+,54+,56-,58+,60-,66+,68-,73-/m0/s1. The molecule has 6 aromatic carbocycles. The van der Waals surface area contributed by atoms with Gasteiger partial charge in [-0.3, -0.25) is 9.59 Å². The number of benzene rings is 6. The number of ketones is 1. The van der Waals surface area contributed by atoms with Crippen LogP contribution in [0.15, 0.2) is 88.1 Å². The lowest BCUT2D eigenvalue weighted by molar-refractivity contribution is -0.120. The minimum absolute atomic E-state index is 0.00809. The molecule has 19 heteroatoms. The van der Waals surface area contributed by atoms with Crippen LogP contribution in [-0.2, 0) is 36.2 Å². The molecule has 12 atom stereocenters. The lowest BCUT2D eigenvalue weighted by Gasteiger charge is -2.43. The Morgan fingerprint density at radius 2 is 1.57 bits per heavy atom. The molecule has 0 unspecified atom stereocenters. The van der Waals surface area contributed by atoms with Crippen LogP contribution in [0, 0.1) is 17.8 Å². The predicted octanol–water partition coefficient (Wildman–Crippen LogP) is 14.1. The summed E-state index contributed by atoms with van der Waals surface area (Å²) in [5.74, 6) is 1.46. The number of rotatable bonds is 12. The number of fused-ring (bicyclic) bond motifs is 15. The summed E-state index contributed by atoms with van der Waals surface area (Å²) in [6.45, 7) is 4.14. The Labute approximate surface area is 560 Å². The first-order valence-corrected chi connectivity index (χ1v) is 40.1. The molecule has 7 aromatic rings. The summed E-state index contributed by atoms with van der Waals surface area (Å²) in [6, 6.07) is 27.0. The minimum atomic E-state index is -1.03. The van der Waals surface area contributed by atoms with Crippen molar-refractivity contribution in [1.82, 2.24) is 5.32 Å². The Morgan fingerprint density at radius 1 is 0.761 bits per heavy atom. The van der Waals surface area contributed by atoms with Gasteiger partial charge < -0.3 is 55.3 Å². The largest absolute Gasteiger partial charge is 0.507 e. The van der Waals surface area contributed by atoms with Gasteiger partial charge in [-0.2, -0.15) is 0 Å². The van der Waals surface area contributed by atoms with Gasteiger partial charge in [-0.05, 0) is 178 Å². The number of aliphatic hydroxyl groups is 5. The van der Waals surface area contributed by atoms with Gasteiger partial charge in [-0.15, -0.1) is 0 Å². The highest BCUT2D eigenvalue weighted by atomic mass is 33.1. The van der Waals surface area contributed by atoms with Crippen molar-refractivity contribution in [2.75, 3.05) is 37.1 Å². The highest BCUT2D eigenvalue weighted by Crippen LogP contribution is 2.62. The van der Waals surface area contributed by atoms with Crippen molar-refractivity contribution in [3.8, 4) is 45.4 Å². The minimum Gasteiger partial charge on any atom is -0.507 e. The second-order valence-electron chi connectivity index (χ2n) is 27.0. The highest BCUT2D eigenvalue weighted by molar-refractivity contribution is 8.77. The number of phenolic OH excluding ortho intramolecular Hbond substituents is 2. The molecule has 0 saturated carbocycles. The molecule has 1 aromatic heterocycles. The van der Waals surface area contributed by atoms with Crippen molar-refractivity contribution < 1.29 is 54.8 Å². The first-order valence-electron chi connectivity index (χ1n) is 32.9. The van der Waals surface area contributed by atoms with E-state index in [1.54, 1.807) is 54.0 Å². The maximum Gasteiger partial charge on any atom is 0.238 e. The molecule has 0 radical (unpaired) electrons. The second kappa shape index (κ2) is 27.6. The molecule has 13 nitrogen and oxygen atoms in total. The van der Waals surface area contributed by atoms with Crippen molar-refractivity contribution in [2.45, 2.75) is 162 Å². The van der Waals surface area contributed by atoms with Gasteiger partial charge in [0, 0.05) is 96.1 Å². The normalized spacial score (nSPS) is 26.9. The van der Waals surface area contributed by atoms with Crippen LogP contribution in [0.5, 0.6) is 23.0 Å². The third-order valence-corrected chi connectivity index (χ3v) is 28.8. The number of hydrogen-bond acceptors (Lipinski definition) is 19. The lowest BCUT2D eigenvalue weighted by Crippen LogP contribution is -2.50. The Bertz CT molecular complexity index is 4030. The number of piperidine rings is 1. The van der Waals surface area contributed by atoms with Crippen molar-refractivity contribution >= 4 is 92.3 Å². The third-order valence-electron chi connectivity index (χ3n) is 20.8. The van der Waals surface area contributed by atoms with Crippen LogP contribution < -0.4 is 15.5 Å². The van der Waals surface area contributed by atoms with Crippen LogP contribution in [0.1, 0.15) is 162 Å². The van der Waals surface area contributed by atoms with Gasteiger partial charge in [0.2, 0.25) is 11.2 Å². The van der Waals surface area contributed by atoms with Crippen LogP contribution in [0.3, 0.4) is 0 Å². The van der Waals surface area contributed by atoms with Crippen LogP contribution >= 0.6 is 64.8 Å². The van der Waals surface area contributed by atoms with Crippen LogP contribution in [0.25, 0.3) is 44.2 Å². The van der Waals surface area contributed by atoms with Crippen LogP contribution in [0.2, 0.25) is 0 Å². The number of phenols is 2. The van der Waals surface area contributed by atoms with E-state index >= 15 is 4.79 Å². The van der Waals surface area contributed by atoms with E-state index in [9.17, 15) is 45.6 Å². The number of nitrogens with one attached hydrogen (secondary N) is 1. The van der Waals surface area contributed by atoms with Gasteiger partial charge in [0.15, 0.2) is 5.76 Å². The van der Waals surface area contributed by atoms with E-state index in [0.717, 1.165) is 81.2 Å². The molecule has 14 rings (SSSR count). The zero-order chi connectivity index (χ0) is 63.6. The van der Waals surface area contributed by atoms with Gasteiger partial charge in [0.1, 0.15) is 40.1 Å². The van der Waals surface area contributed by atoms with E-state index in [2.05, 4.69) is 85.9 Å². The molecule has 7 bridgehead atoms. The number of aliphatic hydroxyl groups excluding tert-OH is 5. The molecule has 0 spiro atoms. The monoisotopic (exact) mass is 1360 g/mol. The molecule has 2 saturated heterocycles. The van der Waals surface area contributed by atoms with Gasteiger partial charge >= 0.3 is 0 Å². The summed E-state index contributed by atoms with van der Waals surface area (Å²) >= 11 is 0. The van der Waals surface area contributed by atoms with E-state index in [4.69, 9.17) is 9.15 Å². The first-order chi connectivity index (χ1) is 44.7. The average molecular weight is 1360 g/mol. The average Bonchev–Trinajstić information content (AvgIpc) is 0.769. The summed E-state index contributed by atoms with van der Waals surface area (Å²) in [5.41, 5.74) is 10.7. The molecular weight excluding hydrogens is 1280 g/mol. The second-order valence-corrected chi connectivity index (χ2v) is 34.8. The lowest BCUT2D eigenvalue weighted by atomic mass is 9.65. The van der Waals surface area contributed by atoms with E-state index in [-0.39, 0.29) is 124 Å². The fourth-order valence-electron chi connectivity index (χ4n) is 16.4. The van der Waals surface area contributed by atoms with Crippen molar-refractivity contribution in [3.05, 3.63) is 150 Å². The highest BCUT2D eigenvalue weighted by Gasteiger charge is 2.47. The molecule has 0 amide bonds. The molecular formula is C73H81NO12S6. The van der Waals surface area contributed by atoms with E-state index < -0.39 is 35.4 Å². The zero-order valence-electron chi connectivity index (χ0n) is 51.8. The third kappa shape index (κ3) is 12.1. The maximum absolute atomic E-state index is 15.8. The molecule has 2 fully saturated rings. The van der Waals surface area contributed by atoms with E-state index in [0.29, 0.717) is 96.4 Å². The smallest absolute Gasteiger partial charge is 0.238 e. The van der Waals surface area contributed by atoms with Crippen molar-refractivity contribution in [2.24, 2.45) is 17.8 Å². The Kier molecular flexibility index (Phi) is 19.4. The Morgan fingerprint density at radius 3 is 2.38 bits per heavy atom. The molecule has 6 heterocycles. The van der Waals surface area contributed by atoms with Crippen molar-refractivity contribution in [1.29, 1.82) is 0 Å². The van der Waals surface area contributed by atoms with Crippen molar-refractivity contribution in [3.63, 3.8) is 0 Å². The number of carbonyl (C=O) groups excluding carboxylic acids is 1. The fraction of sp³-hybridized carbons (Fsp3) is 0.479. The SMILES string of the molecule is CC(C)Cc1cc(-c2oc3cc(O)c4c(c3c(=O)c2O)O[C@@H]2C[C@@H]3c5c-4cc4c6c(ccc(c56)[C@H](SSCCC[C@@H]2O)[C@H]3O)C[C@H](CCCO)[C@@H]4CCO)c2c(c1O)Cc1cccc(c1)[C@H]1N[C@@H]3CSSC[C@@H](C(=O)CCCO)c4cccc(c4)C[C@@H]3C[C@@H]1SSC2. The molecule has 486 valence electrons. The summed E-state index contributed by atoms with van der Waals surface area (Å²) < 4.78 is 14.1. The Balaban J connectivity index is 0.902. The van der Waals surface area contributed by atoms with Gasteiger partial charge in [0.25, 0.3) is 0 Å². The molecule has 7 aliphatic rings. The van der Waals surface area contributed by atoms with Crippen LogP contribution in [-0.4, -0.2) is 113 Å². The molecule has 2 aliphatic carbocycles. The summed E-state index contributed by atoms with van der Waals surface area (Å²) in [6.07, 6.45) is 4.28. The summed E-state index contributed by atoms with van der Waals surface area (Å²) in [5, 5.41) is 99.9. The maximum atomic E-state index is 15.8. The zero-order valence-corrected chi connectivity index (χ0v) is 56.7. The van der Waals surface area contributed by atoms with E-state index in [1.165, 1.54) is 11.6 Å². The first kappa shape index (κ1) is 64.8. The summed E-state index contributed by atoms with van der Waals surface area (Å²) in [4.78, 5) is 29.4. The molecule has 5 aliphatic heterocycles. The van der Waals surface area contributed by atoms with Gasteiger partial charge in [-0.25, -0.2) is 0 Å². The topological polar surface area (TPSA) is 230 Å². The number of carbonyl (C=O) groups is 1. The van der Waals surface area contributed by atoms with Gasteiger partial charge in [0.05, 0.1) is 28.9 Å². The molecule has 9 N–H and O–H groups in total. The number of Topliss-reactive ketones (excluding diaryl/α,β-unsaturated/α-hetero) is 1. The van der Waals surface area contributed by atoms with E-state index in [1.807, 2.05) is 16.9 Å². The van der Waals surface area contributed by atoms with Gasteiger partial charge in [-0.1, -0.05) is 139 Å². The Hall–Kier alpha value is -4.48. The molecule has 92 heavy (non-hydrogen) atoms. The number of hydrogen-bond donors (Lipinski definition) is 9. The quantitative estimate of drug-likeness (QED) is 0.0518. The summed E-state index contributed by atoms with van der Waals surface area (Å²) in [7, 11) is 10.4. The fourth-order valence-corrected chi connectivity index (χ4v) is 25.0. The number of ether oxygens (including phenoxy) is 1. The van der Waals surface area contributed by atoms with Crippen LogP contribution in [0.4, 0.5) is 0 Å². The number of aromatic hydroxyl groups is 3.